The Labute approximate surface area is 140 Å². The fraction of sp³-hybridized carbons (Fsp3) is 0.579. The highest BCUT2D eigenvalue weighted by Crippen LogP contribution is 2.41. The number of ether oxygens (including phenoxy) is 1. The first-order chi connectivity index (χ1) is 10.6. The number of alkyl halides is 2. The first-order valence-corrected chi connectivity index (χ1v) is 10.4. The first-order valence-electron chi connectivity index (χ1n) is 8.14. The molecule has 0 fully saturated rings. The second-order valence-electron chi connectivity index (χ2n) is 6.95. The lowest BCUT2D eigenvalue weighted by Gasteiger charge is -2.38. The van der Waals surface area contributed by atoms with Gasteiger partial charge in [0.2, 0.25) is 0 Å². The topological polar surface area (TPSA) is 9.23 Å². The molecule has 1 rings (SSSR count). The number of hydrogen-bond donors (Lipinski definition) is 0. The van der Waals surface area contributed by atoms with Gasteiger partial charge in [0.25, 0.3) is 0 Å². The molecule has 0 aliphatic carbocycles. The molecule has 1 nitrogen and oxygen atoms in total. The molecule has 23 heavy (non-hydrogen) atoms. The van der Waals surface area contributed by atoms with Crippen LogP contribution >= 0.6 is 0 Å². The van der Waals surface area contributed by atoms with Crippen LogP contribution in [0.1, 0.15) is 47.1 Å². The van der Waals surface area contributed by atoms with Crippen molar-refractivity contribution in [2.24, 2.45) is 0 Å². The summed E-state index contributed by atoms with van der Waals surface area (Å²) in [4.78, 5) is 0. The molecule has 0 saturated heterocycles. The summed E-state index contributed by atoms with van der Waals surface area (Å²) in [6.45, 7) is 12.7. The zero-order valence-corrected chi connectivity index (χ0v) is 16.2. The predicted octanol–water partition coefficient (Wildman–Crippen LogP) is 6.01. The quantitative estimate of drug-likeness (QED) is 0.472. The molecule has 0 aliphatic heterocycles. The molecule has 0 N–H and O–H groups in total. The van der Waals surface area contributed by atoms with Crippen LogP contribution in [0.5, 0.6) is 5.75 Å². The lowest BCUT2D eigenvalue weighted by atomic mass is 10.1. The van der Waals surface area contributed by atoms with E-state index in [1.54, 1.807) is 12.1 Å². The zero-order valence-electron chi connectivity index (χ0n) is 15.2. The Hall–Kier alpha value is -1.34. The third-order valence-corrected chi connectivity index (χ3v) is 11.0. The lowest BCUT2D eigenvalue weighted by molar-refractivity contribution is 0.0639. The van der Waals surface area contributed by atoms with E-state index in [1.807, 2.05) is 0 Å². The standard InChI is InChI=1S/C19H28F2OSi/c1-14(2)23(15(3)4,16(5)6)13-12-19(20,21)17-8-10-18(22-7)11-9-17/h8-11,14-16H,1-7H3. The molecule has 0 aromatic heterocycles. The highest BCUT2D eigenvalue weighted by molar-refractivity contribution is 6.90. The predicted molar refractivity (Wildman–Crippen MR) is 95.7 cm³/mol. The molecule has 0 aliphatic rings. The number of hydrogen-bond acceptors (Lipinski definition) is 1. The van der Waals surface area contributed by atoms with Crippen LogP contribution in [0.4, 0.5) is 8.78 Å². The van der Waals surface area contributed by atoms with Gasteiger partial charge in [0.15, 0.2) is 0 Å². The summed E-state index contributed by atoms with van der Waals surface area (Å²) in [5, 5.41) is 0. The van der Waals surface area contributed by atoms with Crippen LogP contribution in [0.25, 0.3) is 0 Å². The third kappa shape index (κ3) is 4.14. The van der Waals surface area contributed by atoms with Gasteiger partial charge in [-0.05, 0) is 46.8 Å². The molecule has 0 atom stereocenters. The monoisotopic (exact) mass is 338 g/mol. The largest absolute Gasteiger partial charge is 0.497 e. The van der Waals surface area contributed by atoms with Crippen molar-refractivity contribution in [2.75, 3.05) is 7.11 Å². The Balaban J connectivity index is 3.27. The number of rotatable bonds is 5. The number of methoxy groups -OCH3 is 1. The Morgan fingerprint density at radius 3 is 1.70 bits per heavy atom. The van der Waals surface area contributed by atoms with Gasteiger partial charge in [-0.2, -0.15) is 8.78 Å². The van der Waals surface area contributed by atoms with E-state index in [9.17, 15) is 8.78 Å². The fourth-order valence-electron chi connectivity index (χ4n) is 3.49. The van der Waals surface area contributed by atoms with Gasteiger partial charge < -0.3 is 4.74 Å². The number of benzene rings is 1. The van der Waals surface area contributed by atoms with E-state index in [2.05, 4.69) is 53.0 Å². The molecule has 0 radical (unpaired) electrons. The van der Waals surface area contributed by atoms with Gasteiger partial charge in [-0.15, -0.1) is 5.54 Å². The van der Waals surface area contributed by atoms with Crippen molar-refractivity contribution in [1.82, 2.24) is 0 Å². The van der Waals surface area contributed by atoms with Gasteiger partial charge in [0.05, 0.1) is 7.11 Å². The molecule has 0 heterocycles. The summed E-state index contributed by atoms with van der Waals surface area (Å²) in [5.41, 5.74) is 4.03. The van der Waals surface area contributed by atoms with Crippen molar-refractivity contribution in [1.29, 1.82) is 0 Å². The molecule has 0 bridgehead atoms. The normalized spacial score (nSPS) is 12.5. The highest BCUT2D eigenvalue weighted by atomic mass is 28.3. The van der Waals surface area contributed by atoms with Crippen molar-refractivity contribution < 1.29 is 13.5 Å². The molecular formula is C19H28F2OSi. The van der Waals surface area contributed by atoms with Crippen LogP contribution in [0.15, 0.2) is 24.3 Å². The molecule has 0 amide bonds. The minimum absolute atomic E-state index is 0.0787. The maximum absolute atomic E-state index is 14.5. The van der Waals surface area contributed by atoms with Gasteiger partial charge in [-0.25, -0.2) is 0 Å². The van der Waals surface area contributed by atoms with E-state index in [0.29, 0.717) is 22.4 Å². The van der Waals surface area contributed by atoms with Gasteiger partial charge >= 0.3 is 5.92 Å². The van der Waals surface area contributed by atoms with Crippen molar-refractivity contribution in [3.05, 3.63) is 29.8 Å². The van der Waals surface area contributed by atoms with Crippen LogP contribution in [-0.2, 0) is 5.92 Å². The average molecular weight is 339 g/mol. The zero-order chi connectivity index (χ0) is 17.8. The molecule has 4 heteroatoms. The van der Waals surface area contributed by atoms with Crippen molar-refractivity contribution in [2.45, 2.75) is 64.1 Å². The maximum atomic E-state index is 14.5. The Bertz CT molecular complexity index is 543. The minimum Gasteiger partial charge on any atom is -0.497 e. The smallest absolute Gasteiger partial charge is 0.333 e. The summed E-state index contributed by atoms with van der Waals surface area (Å²) in [7, 11) is -0.639. The lowest BCUT2D eigenvalue weighted by Crippen LogP contribution is -2.43. The van der Waals surface area contributed by atoms with Crippen molar-refractivity contribution in [3.8, 4) is 17.2 Å². The van der Waals surface area contributed by atoms with Gasteiger partial charge in [-0.3, -0.25) is 0 Å². The Morgan fingerprint density at radius 1 is 0.913 bits per heavy atom. The van der Waals surface area contributed by atoms with Gasteiger partial charge in [0.1, 0.15) is 13.8 Å². The SMILES string of the molecule is COc1ccc(C(F)(F)C#C[Si](C(C)C)(C(C)C)C(C)C)cc1. The summed E-state index contributed by atoms with van der Waals surface area (Å²) < 4.78 is 34.1. The summed E-state index contributed by atoms with van der Waals surface area (Å²) >= 11 is 0. The van der Waals surface area contributed by atoms with E-state index >= 15 is 0 Å². The summed E-state index contributed by atoms with van der Waals surface area (Å²) in [5.74, 6) is -0.238. The Morgan fingerprint density at radius 2 is 1.35 bits per heavy atom. The summed E-state index contributed by atoms with van der Waals surface area (Å²) in [6.07, 6.45) is 0. The van der Waals surface area contributed by atoms with E-state index in [-0.39, 0.29) is 5.56 Å². The first kappa shape index (κ1) is 19.7. The van der Waals surface area contributed by atoms with Crippen LogP contribution in [0, 0.1) is 11.5 Å². The molecule has 1 aromatic carbocycles. The second kappa shape index (κ2) is 7.48. The molecule has 128 valence electrons. The molecule has 1 aromatic rings. The third-order valence-electron chi connectivity index (χ3n) is 4.75. The van der Waals surface area contributed by atoms with E-state index < -0.39 is 14.0 Å². The second-order valence-corrected chi connectivity index (χ2v) is 12.5. The van der Waals surface area contributed by atoms with E-state index in [0.717, 1.165) is 0 Å². The van der Waals surface area contributed by atoms with Gasteiger partial charge in [0, 0.05) is 5.56 Å². The van der Waals surface area contributed by atoms with Crippen LogP contribution in [-0.4, -0.2) is 15.2 Å². The molecule has 0 unspecified atom stereocenters. The average Bonchev–Trinajstić information content (AvgIpc) is 2.46. The Kier molecular flexibility index (Phi) is 6.41. The van der Waals surface area contributed by atoms with Crippen LogP contribution in [0.2, 0.25) is 16.6 Å². The van der Waals surface area contributed by atoms with Crippen LogP contribution < -0.4 is 4.74 Å². The van der Waals surface area contributed by atoms with Crippen molar-refractivity contribution >= 4 is 8.07 Å². The van der Waals surface area contributed by atoms with E-state index in [1.165, 1.54) is 19.2 Å². The number of halogens is 2. The molecular weight excluding hydrogens is 310 g/mol. The van der Waals surface area contributed by atoms with Gasteiger partial charge in [-0.1, -0.05) is 41.5 Å². The molecule has 0 saturated carbocycles. The summed E-state index contributed by atoms with van der Waals surface area (Å²) in [6, 6.07) is 5.86. The molecule has 0 spiro atoms. The maximum Gasteiger partial charge on any atom is 0.333 e. The van der Waals surface area contributed by atoms with Crippen molar-refractivity contribution in [3.63, 3.8) is 0 Å². The van der Waals surface area contributed by atoms with Crippen LogP contribution in [0.3, 0.4) is 0 Å². The highest BCUT2D eigenvalue weighted by Gasteiger charge is 2.42. The van der Waals surface area contributed by atoms with E-state index in [4.69, 9.17) is 4.74 Å². The fourth-order valence-corrected chi connectivity index (χ4v) is 8.73. The minimum atomic E-state index is -3.14.